The molecule has 0 N–H and O–H groups in total. The maximum Gasteiger partial charge on any atom is 0.238 e. The maximum atomic E-state index is 12.0. The van der Waals surface area contributed by atoms with E-state index < -0.39 is 15.6 Å². The Morgan fingerprint density at radius 2 is 2.00 bits per heavy atom. The van der Waals surface area contributed by atoms with E-state index in [2.05, 4.69) is 0 Å². The second kappa shape index (κ2) is 5.93. The first-order chi connectivity index (χ1) is 9.86. The Bertz CT molecular complexity index is 641. The number of amides is 1. The fraction of sp³-hybridized carbons (Fsp3) is 0.500. The van der Waals surface area contributed by atoms with Gasteiger partial charge in [-0.15, -0.1) is 0 Å². The van der Waals surface area contributed by atoms with Crippen molar-refractivity contribution >= 4 is 15.7 Å². The third kappa shape index (κ3) is 3.47. The average Bonchev–Trinajstić information content (AvgIpc) is 2.41. The lowest BCUT2D eigenvalue weighted by Gasteiger charge is -2.33. The Balaban J connectivity index is 2.23. The highest BCUT2D eigenvalue weighted by Gasteiger charge is 2.34. The predicted octanol–water partition coefficient (Wildman–Crippen LogP) is 0.849. The van der Waals surface area contributed by atoms with Crippen LogP contribution in [0.25, 0.3) is 0 Å². The molecule has 1 aliphatic rings. The van der Waals surface area contributed by atoms with E-state index in [0.717, 1.165) is 5.56 Å². The Kier molecular flexibility index (Phi) is 4.41. The van der Waals surface area contributed by atoms with E-state index in [1.54, 1.807) is 38.2 Å². The molecule has 1 aliphatic heterocycles. The third-order valence-corrected chi connectivity index (χ3v) is 5.20. The van der Waals surface area contributed by atoms with E-state index in [-0.39, 0.29) is 17.7 Å². The molecule has 1 aromatic rings. The van der Waals surface area contributed by atoms with Crippen LogP contribution in [0, 0.1) is 0 Å². The van der Waals surface area contributed by atoms with E-state index in [1.807, 2.05) is 6.07 Å². The van der Waals surface area contributed by atoms with Gasteiger partial charge >= 0.3 is 0 Å². The van der Waals surface area contributed by atoms with Crippen LogP contribution in [0.3, 0.4) is 0 Å². The van der Waals surface area contributed by atoms with E-state index >= 15 is 0 Å². The van der Waals surface area contributed by atoms with Crippen molar-refractivity contribution in [1.82, 2.24) is 4.90 Å². The van der Waals surface area contributed by atoms with Crippen LogP contribution in [0.1, 0.15) is 12.5 Å². The number of sulfone groups is 1. The van der Waals surface area contributed by atoms with E-state index in [4.69, 9.17) is 9.47 Å². The molecule has 0 aliphatic carbocycles. The molecule has 116 valence electrons. The zero-order chi connectivity index (χ0) is 15.6. The summed E-state index contributed by atoms with van der Waals surface area (Å²) in [6.45, 7) is 2.06. The largest absolute Gasteiger partial charge is 0.497 e. The predicted molar refractivity (Wildman–Crippen MR) is 78.2 cm³/mol. The first-order valence-corrected chi connectivity index (χ1v) is 8.39. The number of carbonyl (C=O) groups is 1. The number of carbonyl (C=O) groups excluding carboxylic acids is 1. The number of rotatable bonds is 4. The molecule has 0 spiro atoms. The van der Waals surface area contributed by atoms with Crippen molar-refractivity contribution in [2.24, 2.45) is 0 Å². The molecule has 21 heavy (non-hydrogen) atoms. The summed E-state index contributed by atoms with van der Waals surface area (Å²) in [6, 6.07) is 5.00. The SMILES string of the molecule is COc1ccc(CN2C(=O)CS(=O)(=O)CC2C)c(OC)c1. The average molecular weight is 313 g/mol. The van der Waals surface area contributed by atoms with Gasteiger partial charge in [0.2, 0.25) is 5.91 Å². The summed E-state index contributed by atoms with van der Waals surface area (Å²) in [5, 5.41) is 0. The molecular formula is C14H19NO5S. The zero-order valence-corrected chi connectivity index (χ0v) is 13.1. The minimum absolute atomic E-state index is 0.00277. The molecule has 1 atom stereocenters. The molecule has 2 rings (SSSR count). The molecule has 0 bridgehead atoms. The van der Waals surface area contributed by atoms with E-state index in [9.17, 15) is 13.2 Å². The van der Waals surface area contributed by atoms with Crippen LogP contribution in [0.4, 0.5) is 0 Å². The Hall–Kier alpha value is -1.76. The Morgan fingerprint density at radius 1 is 1.29 bits per heavy atom. The summed E-state index contributed by atoms with van der Waals surface area (Å²) in [6.07, 6.45) is 0. The summed E-state index contributed by atoms with van der Waals surface area (Å²) >= 11 is 0. The Labute approximate surface area is 124 Å². The second-order valence-electron chi connectivity index (χ2n) is 5.10. The third-order valence-electron chi connectivity index (χ3n) is 3.53. The fourth-order valence-corrected chi connectivity index (χ4v) is 4.02. The van der Waals surface area contributed by atoms with Gasteiger partial charge in [-0.3, -0.25) is 4.79 Å². The van der Waals surface area contributed by atoms with Crippen LogP contribution in [0.5, 0.6) is 11.5 Å². The van der Waals surface area contributed by atoms with Crippen LogP contribution >= 0.6 is 0 Å². The first kappa shape index (κ1) is 15.6. The summed E-state index contributed by atoms with van der Waals surface area (Å²) in [4.78, 5) is 13.6. The molecule has 1 saturated heterocycles. The summed E-state index contributed by atoms with van der Waals surface area (Å²) < 4.78 is 33.6. The van der Waals surface area contributed by atoms with Gasteiger partial charge < -0.3 is 14.4 Å². The molecule has 1 heterocycles. The van der Waals surface area contributed by atoms with Crippen LogP contribution in [0.2, 0.25) is 0 Å². The lowest BCUT2D eigenvalue weighted by molar-refractivity contribution is -0.131. The lowest BCUT2D eigenvalue weighted by Crippen LogP contribution is -2.50. The lowest BCUT2D eigenvalue weighted by atomic mass is 10.1. The van der Waals surface area contributed by atoms with Crippen LogP contribution in [0.15, 0.2) is 18.2 Å². The minimum atomic E-state index is -3.28. The molecule has 0 radical (unpaired) electrons. The molecular weight excluding hydrogens is 294 g/mol. The smallest absolute Gasteiger partial charge is 0.238 e. The van der Waals surface area contributed by atoms with Crippen LogP contribution in [-0.4, -0.2) is 51.0 Å². The van der Waals surface area contributed by atoms with Crippen molar-refractivity contribution < 1.29 is 22.7 Å². The summed E-state index contributed by atoms with van der Waals surface area (Å²) in [7, 11) is -0.164. The minimum Gasteiger partial charge on any atom is -0.497 e. The van der Waals surface area contributed by atoms with Crippen molar-refractivity contribution in [1.29, 1.82) is 0 Å². The maximum absolute atomic E-state index is 12.0. The van der Waals surface area contributed by atoms with Crippen molar-refractivity contribution in [2.45, 2.75) is 19.5 Å². The number of methoxy groups -OCH3 is 2. The van der Waals surface area contributed by atoms with Crippen LogP contribution in [-0.2, 0) is 21.2 Å². The van der Waals surface area contributed by atoms with Gasteiger partial charge in [-0.1, -0.05) is 0 Å². The highest BCUT2D eigenvalue weighted by molar-refractivity contribution is 7.92. The molecule has 6 nitrogen and oxygen atoms in total. The van der Waals surface area contributed by atoms with Gasteiger partial charge in [0, 0.05) is 24.2 Å². The molecule has 1 aromatic carbocycles. The normalized spacial score (nSPS) is 21.2. The van der Waals surface area contributed by atoms with Gasteiger partial charge in [0.05, 0.1) is 20.0 Å². The van der Waals surface area contributed by atoms with Gasteiger partial charge in [0.25, 0.3) is 0 Å². The molecule has 0 aromatic heterocycles. The molecule has 1 fully saturated rings. The van der Waals surface area contributed by atoms with E-state index in [1.165, 1.54) is 0 Å². The topological polar surface area (TPSA) is 72.9 Å². The van der Waals surface area contributed by atoms with Gasteiger partial charge in [0.1, 0.15) is 17.3 Å². The number of benzene rings is 1. The molecule has 7 heteroatoms. The standard InChI is InChI=1S/C14H19NO5S/c1-10-8-21(17,18)9-14(16)15(10)7-11-4-5-12(19-2)6-13(11)20-3/h4-6,10H,7-9H2,1-3H3. The molecule has 1 amide bonds. The van der Waals surface area contributed by atoms with Crippen molar-refractivity contribution in [2.75, 3.05) is 25.7 Å². The summed E-state index contributed by atoms with van der Waals surface area (Å²) in [5.41, 5.74) is 0.817. The number of hydrogen-bond donors (Lipinski definition) is 0. The van der Waals surface area contributed by atoms with Crippen LogP contribution < -0.4 is 9.47 Å². The number of nitrogens with zero attached hydrogens (tertiary/aromatic N) is 1. The van der Waals surface area contributed by atoms with Crippen molar-refractivity contribution in [3.63, 3.8) is 0 Å². The van der Waals surface area contributed by atoms with E-state index in [0.29, 0.717) is 18.0 Å². The molecule has 1 unspecified atom stereocenters. The quantitative estimate of drug-likeness (QED) is 0.824. The van der Waals surface area contributed by atoms with Crippen molar-refractivity contribution in [3.8, 4) is 11.5 Å². The highest BCUT2D eigenvalue weighted by Crippen LogP contribution is 2.27. The van der Waals surface area contributed by atoms with Gasteiger partial charge in [-0.2, -0.15) is 0 Å². The summed E-state index contributed by atoms with van der Waals surface area (Å²) in [5.74, 6) is 0.484. The second-order valence-corrected chi connectivity index (χ2v) is 7.21. The highest BCUT2D eigenvalue weighted by atomic mass is 32.2. The first-order valence-electron chi connectivity index (χ1n) is 6.57. The van der Waals surface area contributed by atoms with Crippen molar-refractivity contribution in [3.05, 3.63) is 23.8 Å². The van der Waals surface area contributed by atoms with Gasteiger partial charge in [0.15, 0.2) is 9.84 Å². The van der Waals surface area contributed by atoms with Gasteiger partial charge in [-0.05, 0) is 19.1 Å². The number of hydrogen-bond acceptors (Lipinski definition) is 5. The number of ether oxygens (including phenoxy) is 2. The molecule has 0 saturated carbocycles. The fourth-order valence-electron chi connectivity index (χ4n) is 2.44. The zero-order valence-electron chi connectivity index (χ0n) is 12.3. The Morgan fingerprint density at radius 3 is 2.57 bits per heavy atom. The monoisotopic (exact) mass is 313 g/mol. The van der Waals surface area contributed by atoms with Gasteiger partial charge in [-0.25, -0.2) is 8.42 Å².